The predicted octanol–water partition coefficient (Wildman–Crippen LogP) is 2.66. The largest absolute Gasteiger partial charge is 0.492 e. The van der Waals surface area contributed by atoms with Crippen molar-refractivity contribution >= 4 is 21.6 Å². The molecular weight excluding hydrogens is 368 g/mol. The Morgan fingerprint density at radius 1 is 1.11 bits per heavy atom. The van der Waals surface area contributed by atoms with Gasteiger partial charge in [-0.1, -0.05) is 12.1 Å². The van der Waals surface area contributed by atoms with E-state index >= 15 is 0 Å². The van der Waals surface area contributed by atoms with Gasteiger partial charge in [-0.3, -0.25) is 4.79 Å². The Labute approximate surface area is 160 Å². The molecule has 0 radical (unpaired) electrons. The van der Waals surface area contributed by atoms with E-state index in [-0.39, 0.29) is 17.3 Å². The van der Waals surface area contributed by atoms with Crippen molar-refractivity contribution in [2.45, 2.75) is 18.7 Å². The number of hydrogen-bond donors (Lipinski definition) is 1. The number of ether oxygens (including phenoxy) is 2. The molecule has 0 saturated heterocycles. The minimum Gasteiger partial charge on any atom is -0.492 e. The Hall–Kier alpha value is -2.58. The van der Waals surface area contributed by atoms with E-state index in [1.165, 1.54) is 26.2 Å². The standard InChI is InChI=1S/C19H24N2O5S/c1-5-25-17-10-9-15(12-18(17)27(23,24)21(3)4)20-19(22)13-26-16-8-6-7-14(2)11-16/h6-12H,5,13H2,1-4H3,(H,20,22). The van der Waals surface area contributed by atoms with Crippen LogP contribution in [-0.2, 0) is 14.8 Å². The third kappa shape index (κ3) is 5.45. The molecule has 2 aromatic rings. The maximum absolute atomic E-state index is 12.5. The number of aryl methyl sites for hydroxylation is 1. The van der Waals surface area contributed by atoms with Gasteiger partial charge in [0, 0.05) is 19.8 Å². The first-order valence-corrected chi connectivity index (χ1v) is 9.86. The van der Waals surface area contributed by atoms with Gasteiger partial charge in [0.05, 0.1) is 6.61 Å². The topological polar surface area (TPSA) is 84.9 Å². The minimum absolute atomic E-state index is 0.00764. The van der Waals surface area contributed by atoms with Crippen LogP contribution in [0.15, 0.2) is 47.4 Å². The molecule has 1 amide bonds. The molecule has 0 atom stereocenters. The summed E-state index contributed by atoms with van der Waals surface area (Å²) in [5.74, 6) is 0.432. The number of carbonyl (C=O) groups is 1. The molecule has 0 bridgehead atoms. The zero-order chi connectivity index (χ0) is 20.0. The van der Waals surface area contributed by atoms with Crippen LogP contribution in [0.25, 0.3) is 0 Å². The first kappa shape index (κ1) is 20.7. The first-order valence-electron chi connectivity index (χ1n) is 8.42. The maximum atomic E-state index is 12.5. The van der Waals surface area contributed by atoms with Crippen molar-refractivity contribution in [1.29, 1.82) is 0 Å². The highest BCUT2D eigenvalue weighted by molar-refractivity contribution is 7.89. The normalized spacial score (nSPS) is 11.3. The zero-order valence-corrected chi connectivity index (χ0v) is 16.7. The highest BCUT2D eigenvalue weighted by Gasteiger charge is 2.23. The lowest BCUT2D eigenvalue weighted by molar-refractivity contribution is -0.118. The van der Waals surface area contributed by atoms with Crippen LogP contribution in [0.5, 0.6) is 11.5 Å². The molecule has 0 spiro atoms. The number of anilines is 1. The molecule has 7 nitrogen and oxygen atoms in total. The van der Waals surface area contributed by atoms with E-state index in [0.29, 0.717) is 18.0 Å². The average Bonchev–Trinajstić information content (AvgIpc) is 2.61. The predicted molar refractivity (Wildman–Crippen MR) is 104 cm³/mol. The maximum Gasteiger partial charge on any atom is 0.262 e. The number of hydrogen-bond acceptors (Lipinski definition) is 5. The van der Waals surface area contributed by atoms with Gasteiger partial charge in [-0.05, 0) is 49.7 Å². The van der Waals surface area contributed by atoms with Crippen LogP contribution < -0.4 is 14.8 Å². The highest BCUT2D eigenvalue weighted by Crippen LogP contribution is 2.29. The summed E-state index contributed by atoms with van der Waals surface area (Å²) >= 11 is 0. The number of rotatable bonds is 8. The van der Waals surface area contributed by atoms with Crippen molar-refractivity contribution < 1.29 is 22.7 Å². The van der Waals surface area contributed by atoms with E-state index in [4.69, 9.17) is 9.47 Å². The van der Waals surface area contributed by atoms with Crippen LogP contribution in [-0.4, -0.2) is 45.9 Å². The van der Waals surface area contributed by atoms with Gasteiger partial charge in [0.25, 0.3) is 5.91 Å². The molecule has 2 rings (SSSR count). The molecule has 0 saturated carbocycles. The Morgan fingerprint density at radius 3 is 2.48 bits per heavy atom. The van der Waals surface area contributed by atoms with E-state index < -0.39 is 15.9 Å². The van der Waals surface area contributed by atoms with Crippen molar-refractivity contribution in [1.82, 2.24) is 4.31 Å². The summed E-state index contributed by atoms with van der Waals surface area (Å²) < 4.78 is 37.0. The van der Waals surface area contributed by atoms with Gasteiger partial charge >= 0.3 is 0 Å². The van der Waals surface area contributed by atoms with Crippen molar-refractivity contribution in [3.8, 4) is 11.5 Å². The van der Waals surface area contributed by atoms with Crippen LogP contribution in [0.4, 0.5) is 5.69 Å². The van der Waals surface area contributed by atoms with Crippen LogP contribution in [0.3, 0.4) is 0 Å². The van der Waals surface area contributed by atoms with Gasteiger partial charge in [-0.25, -0.2) is 12.7 Å². The second-order valence-corrected chi connectivity index (χ2v) is 8.16. The molecule has 0 aliphatic heterocycles. The summed E-state index contributed by atoms with van der Waals surface area (Å²) in [6, 6.07) is 11.9. The second-order valence-electron chi connectivity index (χ2n) is 6.04. The molecule has 0 aromatic heterocycles. The van der Waals surface area contributed by atoms with Crippen molar-refractivity contribution in [3.63, 3.8) is 0 Å². The Balaban J connectivity index is 2.15. The molecule has 0 unspecified atom stereocenters. The van der Waals surface area contributed by atoms with Crippen molar-refractivity contribution in [3.05, 3.63) is 48.0 Å². The van der Waals surface area contributed by atoms with E-state index in [2.05, 4.69) is 5.32 Å². The fourth-order valence-electron chi connectivity index (χ4n) is 2.31. The SMILES string of the molecule is CCOc1ccc(NC(=O)COc2cccc(C)c2)cc1S(=O)(=O)N(C)C. The molecule has 0 aliphatic rings. The fourth-order valence-corrected chi connectivity index (χ4v) is 3.36. The summed E-state index contributed by atoms with van der Waals surface area (Å²) in [5, 5.41) is 2.65. The second kappa shape index (κ2) is 8.88. The van der Waals surface area contributed by atoms with E-state index in [1.807, 2.05) is 25.1 Å². The summed E-state index contributed by atoms with van der Waals surface area (Å²) in [6.07, 6.45) is 0. The first-order chi connectivity index (χ1) is 12.7. The van der Waals surface area contributed by atoms with Crippen molar-refractivity contribution in [2.75, 3.05) is 32.6 Å². The number of nitrogens with zero attached hydrogens (tertiary/aromatic N) is 1. The summed E-state index contributed by atoms with van der Waals surface area (Å²) in [6.45, 7) is 3.84. The lowest BCUT2D eigenvalue weighted by Gasteiger charge is -2.16. The Bertz CT molecular complexity index is 910. The number of benzene rings is 2. The number of nitrogens with one attached hydrogen (secondary N) is 1. The van der Waals surface area contributed by atoms with Crippen molar-refractivity contribution in [2.24, 2.45) is 0 Å². The summed E-state index contributed by atoms with van der Waals surface area (Å²) in [4.78, 5) is 12.1. The fraction of sp³-hybridized carbons (Fsp3) is 0.316. The molecule has 8 heteroatoms. The number of carbonyl (C=O) groups excluding carboxylic acids is 1. The lowest BCUT2D eigenvalue weighted by atomic mass is 10.2. The van der Waals surface area contributed by atoms with Gasteiger partial charge < -0.3 is 14.8 Å². The molecule has 146 valence electrons. The van der Waals surface area contributed by atoms with Crippen LogP contribution in [0.2, 0.25) is 0 Å². The molecule has 1 N–H and O–H groups in total. The molecule has 2 aromatic carbocycles. The molecule has 0 aliphatic carbocycles. The van der Waals surface area contributed by atoms with E-state index in [1.54, 1.807) is 19.1 Å². The van der Waals surface area contributed by atoms with Gasteiger partial charge in [0.1, 0.15) is 16.4 Å². The van der Waals surface area contributed by atoms with Crippen LogP contribution in [0.1, 0.15) is 12.5 Å². The minimum atomic E-state index is -3.72. The van der Waals surface area contributed by atoms with Crippen LogP contribution >= 0.6 is 0 Å². The highest BCUT2D eigenvalue weighted by atomic mass is 32.2. The van der Waals surface area contributed by atoms with E-state index in [0.717, 1.165) is 9.87 Å². The number of sulfonamides is 1. The third-order valence-corrected chi connectivity index (χ3v) is 5.48. The zero-order valence-electron chi connectivity index (χ0n) is 15.9. The Kier molecular flexibility index (Phi) is 6.81. The summed E-state index contributed by atoms with van der Waals surface area (Å²) in [5.41, 5.74) is 1.37. The average molecular weight is 392 g/mol. The van der Waals surface area contributed by atoms with Gasteiger partial charge in [0.15, 0.2) is 6.61 Å². The molecule has 0 heterocycles. The number of amides is 1. The van der Waals surface area contributed by atoms with Gasteiger partial charge in [0.2, 0.25) is 10.0 Å². The Morgan fingerprint density at radius 2 is 1.85 bits per heavy atom. The molecule has 0 fully saturated rings. The smallest absolute Gasteiger partial charge is 0.262 e. The molecule has 27 heavy (non-hydrogen) atoms. The van der Waals surface area contributed by atoms with Gasteiger partial charge in [-0.15, -0.1) is 0 Å². The lowest BCUT2D eigenvalue weighted by Crippen LogP contribution is -2.24. The van der Waals surface area contributed by atoms with Crippen LogP contribution in [0, 0.1) is 6.92 Å². The quantitative estimate of drug-likeness (QED) is 0.747. The molecular formula is C19H24N2O5S. The van der Waals surface area contributed by atoms with Gasteiger partial charge in [-0.2, -0.15) is 0 Å². The third-order valence-electron chi connectivity index (χ3n) is 3.65. The monoisotopic (exact) mass is 392 g/mol. The van der Waals surface area contributed by atoms with E-state index in [9.17, 15) is 13.2 Å². The summed E-state index contributed by atoms with van der Waals surface area (Å²) in [7, 11) is -0.849.